The molecule has 0 atom stereocenters. The molecule has 24 heavy (non-hydrogen) atoms. The van der Waals surface area contributed by atoms with Gasteiger partial charge >= 0.3 is 5.69 Å². The SMILES string of the molecule is COc1ccc(NC(=O)COc2cc(C)ccc2C)cc1[N+](=O)[O-]. The zero-order valence-electron chi connectivity index (χ0n) is 13.7. The molecule has 1 amide bonds. The molecule has 2 aromatic carbocycles. The quantitative estimate of drug-likeness (QED) is 0.648. The number of ether oxygens (including phenoxy) is 2. The van der Waals surface area contributed by atoms with Gasteiger partial charge in [0.15, 0.2) is 12.4 Å². The number of nitro groups is 1. The van der Waals surface area contributed by atoms with Crippen molar-refractivity contribution in [2.75, 3.05) is 19.0 Å². The number of methoxy groups -OCH3 is 1. The summed E-state index contributed by atoms with van der Waals surface area (Å²) >= 11 is 0. The highest BCUT2D eigenvalue weighted by Gasteiger charge is 2.16. The molecule has 2 rings (SSSR count). The van der Waals surface area contributed by atoms with E-state index < -0.39 is 10.8 Å². The van der Waals surface area contributed by atoms with E-state index >= 15 is 0 Å². The second kappa shape index (κ2) is 7.45. The Kier molecular flexibility index (Phi) is 5.36. The Balaban J connectivity index is 2.03. The van der Waals surface area contributed by atoms with E-state index in [1.165, 1.54) is 25.3 Å². The van der Waals surface area contributed by atoms with Crippen LogP contribution in [0.1, 0.15) is 11.1 Å². The molecule has 126 valence electrons. The molecule has 0 saturated heterocycles. The van der Waals surface area contributed by atoms with Gasteiger partial charge in [0.2, 0.25) is 0 Å². The summed E-state index contributed by atoms with van der Waals surface area (Å²) in [5.41, 5.74) is 2.04. The molecule has 0 heterocycles. The molecule has 0 aliphatic rings. The number of rotatable bonds is 6. The van der Waals surface area contributed by atoms with Gasteiger partial charge in [-0.15, -0.1) is 0 Å². The van der Waals surface area contributed by atoms with Crippen LogP contribution in [0.5, 0.6) is 11.5 Å². The second-order valence-corrected chi connectivity index (χ2v) is 5.25. The highest BCUT2D eigenvalue weighted by atomic mass is 16.6. The number of nitro benzene ring substituents is 1. The van der Waals surface area contributed by atoms with Gasteiger partial charge in [-0.2, -0.15) is 0 Å². The summed E-state index contributed by atoms with van der Waals surface area (Å²) in [4.78, 5) is 22.4. The van der Waals surface area contributed by atoms with E-state index in [-0.39, 0.29) is 18.0 Å². The van der Waals surface area contributed by atoms with Gasteiger partial charge in [-0.25, -0.2) is 0 Å². The fraction of sp³-hybridized carbons (Fsp3) is 0.235. The Morgan fingerprint density at radius 1 is 1.17 bits per heavy atom. The summed E-state index contributed by atoms with van der Waals surface area (Å²) in [6.45, 7) is 3.63. The van der Waals surface area contributed by atoms with E-state index in [0.29, 0.717) is 11.4 Å². The number of carbonyl (C=O) groups excluding carboxylic acids is 1. The number of hydrogen-bond acceptors (Lipinski definition) is 5. The van der Waals surface area contributed by atoms with Crippen molar-refractivity contribution in [3.05, 3.63) is 57.6 Å². The van der Waals surface area contributed by atoms with Gasteiger partial charge < -0.3 is 14.8 Å². The number of nitrogens with zero attached hydrogens (tertiary/aromatic N) is 1. The third kappa shape index (κ3) is 4.22. The zero-order chi connectivity index (χ0) is 17.7. The normalized spacial score (nSPS) is 10.1. The van der Waals surface area contributed by atoms with Gasteiger partial charge in [0, 0.05) is 11.8 Å². The Morgan fingerprint density at radius 2 is 1.92 bits per heavy atom. The summed E-state index contributed by atoms with van der Waals surface area (Å²) in [5.74, 6) is 0.353. The number of amides is 1. The monoisotopic (exact) mass is 330 g/mol. The van der Waals surface area contributed by atoms with Crippen LogP contribution in [0.4, 0.5) is 11.4 Å². The van der Waals surface area contributed by atoms with Crippen molar-refractivity contribution in [1.29, 1.82) is 0 Å². The van der Waals surface area contributed by atoms with Crippen molar-refractivity contribution in [2.45, 2.75) is 13.8 Å². The molecule has 0 aromatic heterocycles. The summed E-state index contributed by atoms with van der Waals surface area (Å²) < 4.78 is 10.4. The molecule has 7 nitrogen and oxygen atoms in total. The van der Waals surface area contributed by atoms with Crippen molar-refractivity contribution >= 4 is 17.3 Å². The van der Waals surface area contributed by atoms with Gasteiger partial charge in [0.1, 0.15) is 5.75 Å². The molecular weight excluding hydrogens is 312 g/mol. The first-order chi connectivity index (χ1) is 11.4. The largest absolute Gasteiger partial charge is 0.490 e. The predicted octanol–water partition coefficient (Wildman–Crippen LogP) is 3.24. The summed E-state index contributed by atoms with van der Waals surface area (Å²) in [5, 5.41) is 13.6. The smallest absolute Gasteiger partial charge is 0.312 e. The minimum absolute atomic E-state index is 0.129. The molecule has 2 aromatic rings. The topological polar surface area (TPSA) is 90.7 Å². The van der Waals surface area contributed by atoms with Crippen LogP contribution in [0.3, 0.4) is 0 Å². The Hall–Kier alpha value is -3.09. The van der Waals surface area contributed by atoms with Crippen LogP contribution in [-0.2, 0) is 4.79 Å². The first kappa shape index (κ1) is 17.3. The van der Waals surface area contributed by atoms with E-state index in [4.69, 9.17) is 9.47 Å². The Bertz CT molecular complexity index is 774. The maximum absolute atomic E-state index is 12.0. The van der Waals surface area contributed by atoms with E-state index in [1.54, 1.807) is 0 Å². The number of hydrogen-bond donors (Lipinski definition) is 1. The minimum atomic E-state index is -0.568. The maximum Gasteiger partial charge on any atom is 0.312 e. The van der Waals surface area contributed by atoms with Crippen LogP contribution >= 0.6 is 0 Å². The number of carbonyl (C=O) groups is 1. The Labute approximate surface area is 139 Å². The second-order valence-electron chi connectivity index (χ2n) is 5.25. The van der Waals surface area contributed by atoms with Crippen molar-refractivity contribution in [2.24, 2.45) is 0 Å². The molecule has 7 heteroatoms. The lowest BCUT2D eigenvalue weighted by Gasteiger charge is -2.11. The van der Waals surface area contributed by atoms with Gasteiger partial charge in [0.25, 0.3) is 5.91 Å². The summed E-state index contributed by atoms with van der Waals surface area (Å²) in [6.07, 6.45) is 0. The van der Waals surface area contributed by atoms with Gasteiger partial charge in [0.05, 0.1) is 12.0 Å². The van der Waals surface area contributed by atoms with Crippen LogP contribution in [0.25, 0.3) is 0 Å². The average Bonchev–Trinajstić information content (AvgIpc) is 2.55. The highest BCUT2D eigenvalue weighted by molar-refractivity contribution is 5.92. The highest BCUT2D eigenvalue weighted by Crippen LogP contribution is 2.29. The van der Waals surface area contributed by atoms with Crippen LogP contribution in [0, 0.1) is 24.0 Å². The first-order valence-corrected chi connectivity index (χ1v) is 7.23. The van der Waals surface area contributed by atoms with E-state index in [2.05, 4.69) is 5.32 Å². The van der Waals surface area contributed by atoms with Crippen molar-refractivity contribution in [1.82, 2.24) is 0 Å². The predicted molar refractivity (Wildman–Crippen MR) is 89.7 cm³/mol. The average molecular weight is 330 g/mol. The lowest BCUT2D eigenvalue weighted by molar-refractivity contribution is -0.385. The number of nitrogens with one attached hydrogen (secondary N) is 1. The van der Waals surface area contributed by atoms with Gasteiger partial charge in [-0.1, -0.05) is 12.1 Å². The Morgan fingerprint density at radius 3 is 2.58 bits per heavy atom. The molecule has 0 saturated carbocycles. The van der Waals surface area contributed by atoms with Gasteiger partial charge in [-0.3, -0.25) is 14.9 Å². The molecule has 1 N–H and O–H groups in total. The molecule has 0 aliphatic carbocycles. The maximum atomic E-state index is 12.0. The lowest BCUT2D eigenvalue weighted by atomic mass is 10.1. The lowest BCUT2D eigenvalue weighted by Crippen LogP contribution is -2.20. The van der Waals surface area contributed by atoms with Crippen molar-refractivity contribution in [3.63, 3.8) is 0 Å². The van der Waals surface area contributed by atoms with E-state index in [1.807, 2.05) is 32.0 Å². The fourth-order valence-corrected chi connectivity index (χ4v) is 2.11. The molecule has 0 unspecified atom stereocenters. The van der Waals surface area contributed by atoms with Gasteiger partial charge in [-0.05, 0) is 43.2 Å². The third-order valence-electron chi connectivity index (χ3n) is 3.36. The third-order valence-corrected chi connectivity index (χ3v) is 3.36. The number of aryl methyl sites for hydroxylation is 2. The molecule has 0 fully saturated rings. The van der Waals surface area contributed by atoms with E-state index in [9.17, 15) is 14.9 Å². The number of anilines is 1. The standard InChI is InChI=1S/C17H18N2O5/c1-11-4-5-12(2)16(8-11)24-10-17(20)18-13-6-7-15(23-3)14(9-13)19(21)22/h4-9H,10H2,1-3H3,(H,18,20). The number of benzene rings is 2. The van der Waals surface area contributed by atoms with Crippen LogP contribution < -0.4 is 14.8 Å². The summed E-state index contributed by atoms with van der Waals surface area (Å²) in [7, 11) is 1.35. The minimum Gasteiger partial charge on any atom is -0.490 e. The molecule has 0 aliphatic heterocycles. The van der Waals surface area contributed by atoms with Crippen molar-refractivity contribution < 1.29 is 19.2 Å². The van der Waals surface area contributed by atoms with E-state index in [0.717, 1.165) is 11.1 Å². The van der Waals surface area contributed by atoms with Crippen LogP contribution in [-0.4, -0.2) is 24.5 Å². The fourth-order valence-electron chi connectivity index (χ4n) is 2.11. The molecule has 0 radical (unpaired) electrons. The molecule has 0 bridgehead atoms. The molecular formula is C17H18N2O5. The zero-order valence-corrected chi connectivity index (χ0v) is 13.7. The van der Waals surface area contributed by atoms with Crippen LogP contribution in [0.2, 0.25) is 0 Å². The summed E-state index contributed by atoms with van der Waals surface area (Å²) in [6, 6.07) is 9.92. The molecule has 0 spiro atoms. The van der Waals surface area contributed by atoms with Crippen molar-refractivity contribution in [3.8, 4) is 11.5 Å². The first-order valence-electron chi connectivity index (χ1n) is 7.23. The van der Waals surface area contributed by atoms with Crippen LogP contribution in [0.15, 0.2) is 36.4 Å².